The average Bonchev–Trinajstić information content (AvgIpc) is 2.34. The minimum atomic E-state index is -0.751. The molecule has 0 aromatic heterocycles. The molecular formula is C15H30N2O3. The summed E-state index contributed by atoms with van der Waals surface area (Å²) in [6, 6.07) is 0.565. The molecule has 0 spiro atoms. The molecule has 0 saturated carbocycles. The van der Waals surface area contributed by atoms with Gasteiger partial charge < -0.3 is 15.7 Å². The van der Waals surface area contributed by atoms with Crippen molar-refractivity contribution in [3.05, 3.63) is 0 Å². The number of carboxylic acids is 1. The van der Waals surface area contributed by atoms with Gasteiger partial charge in [-0.3, -0.25) is 9.59 Å². The van der Waals surface area contributed by atoms with Gasteiger partial charge in [-0.15, -0.1) is 0 Å². The van der Waals surface area contributed by atoms with Crippen LogP contribution >= 0.6 is 0 Å². The molecule has 0 rings (SSSR count). The van der Waals surface area contributed by atoms with Crippen LogP contribution in [0.5, 0.6) is 0 Å². The summed E-state index contributed by atoms with van der Waals surface area (Å²) in [5.74, 6) is -0.978. The van der Waals surface area contributed by atoms with Crippen molar-refractivity contribution in [2.24, 2.45) is 5.92 Å². The zero-order chi connectivity index (χ0) is 15.5. The molecule has 0 radical (unpaired) electrons. The Morgan fingerprint density at radius 1 is 1.05 bits per heavy atom. The van der Waals surface area contributed by atoms with Crippen LogP contribution in [0.1, 0.15) is 59.8 Å². The number of aliphatic carboxylic acids is 1. The van der Waals surface area contributed by atoms with E-state index in [1.165, 1.54) is 0 Å². The van der Waals surface area contributed by atoms with Crippen LogP contribution in [0.15, 0.2) is 0 Å². The van der Waals surface area contributed by atoms with Gasteiger partial charge >= 0.3 is 5.97 Å². The first-order valence-electron chi connectivity index (χ1n) is 7.58. The van der Waals surface area contributed by atoms with E-state index in [1.54, 1.807) is 6.92 Å². The monoisotopic (exact) mass is 286 g/mol. The molecule has 2 atom stereocenters. The first-order chi connectivity index (χ1) is 9.32. The van der Waals surface area contributed by atoms with Gasteiger partial charge in [-0.1, -0.05) is 27.2 Å². The Balaban J connectivity index is 3.62. The van der Waals surface area contributed by atoms with Crippen LogP contribution in [0, 0.1) is 5.92 Å². The van der Waals surface area contributed by atoms with Crippen LogP contribution in [0.25, 0.3) is 0 Å². The summed E-state index contributed by atoms with van der Waals surface area (Å²) in [7, 11) is 0. The minimum Gasteiger partial charge on any atom is -0.481 e. The second-order valence-electron chi connectivity index (χ2n) is 5.85. The molecule has 3 N–H and O–H groups in total. The highest BCUT2D eigenvalue weighted by Gasteiger charge is 2.12. The van der Waals surface area contributed by atoms with E-state index in [0.717, 1.165) is 25.8 Å². The summed E-state index contributed by atoms with van der Waals surface area (Å²) in [5.41, 5.74) is 0. The summed E-state index contributed by atoms with van der Waals surface area (Å²) < 4.78 is 0. The molecule has 0 aliphatic rings. The van der Waals surface area contributed by atoms with E-state index in [0.29, 0.717) is 18.9 Å². The lowest BCUT2D eigenvalue weighted by molar-refractivity contribution is -0.141. The van der Waals surface area contributed by atoms with Gasteiger partial charge in [0.15, 0.2) is 0 Å². The zero-order valence-corrected chi connectivity index (χ0v) is 13.2. The lowest BCUT2D eigenvalue weighted by Crippen LogP contribution is -2.33. The van der Waals surface area contributed by atoms with Gasteiger partial charge in [-0.25, -0.2) is 0 Å². The van der Waals surface area contributed by atoms with Crippen molar-refractivity contribution in [3.63, 3.8) is 0 Å². The van der Waals surface area contributed by atoms with Crippen molar-refractivity contribution >= 4 is 11.9 Å². The summed E-state index contributed by atoms with van der Waals surface area (Å²) in [5, 5.41) is 15.0. The van der Waals surface area contributed by atoms with Crippen LogP contribution < -0.4 is 10.6 Å². The fourth-order valence-corrected chi connectivity index (χ4v) is 1.91. The molecule has 118 valence electrons. The highest BCUT2D eigenvalue weighted by Crippen LogP contribution is 2.09. The molecule has 0 fully saturated rings. The third-order valence-corrected chi connectivity index (χ3v) is 3.24. The lowest BCUT2D eigenvalue weighted by Gasteiger charge is -2.15. The summed E-state index contributed by atoms with van der Waals surface area (Å²) in [4.78, 5) is 22.3. The first kappa shape index (κ1) is 18.9. The Kier molecular flexibility index (Phi) is 10.1. The van der Waals surface area contributed by atoms with Gasteiger partial charge in [0.1, 0.15) is 0 Å². The van der Waals surface area contributed by atoms with E-state index in [1.807, 2.05) is 6.92 Å². The molecule has 2 unspecified atom stereocenters. The predicted octanol–water partition coefficient (Wildman–Crippen LogP) is 2.16. The van der Waals surface area contributed by atoms with Gasteiger partial charge in [0.2, 0.25) is 5.91 Å². The molecule has 20 heavy (non-hydrogen) atoms. The van der Waals surface area contributed by atoms with E-state index in [4.69, 9.17) is 5.11 Å². The number of hydrogen-bond donors (Lipinski definition) is 3. The number of hydrogen-bond acceptors (Lipinski definition) is 3. The fourth-order valence-electron chi connectivity index (χ4n) is 1.91. The second kappa shape index (κ2) is 10.7. The summed E-state index contributed by atoms with van der Waals surface area (Å²) >= 11 is 0. The van der Waals surface area contributed by atoms with Gasteiger partial charge in [0, 0.05) is 18.5 Å². The Labute approximate surface area is 122 Å². The van der Waals surface area contributed by atoms with E-state index in [2.05, 4.69) is 24.5 Å². The fraction of sp³-hybridized carbons (Fsp3) is 0.867. The highest BCUT2D eigenvalue weighted by atomic mass is 16.4. The number of rotatable bonds is 11. The molecule has 0 aromatic rings. The van der Waals surface area contributed by atoms with Crippen LogP contribution in [0.2, 0.25) is 0 Å². The molecule has 0 heterocycles. The molecule has 0 saturated heterocycles. The Hall–Kier alpha value is -1.10. The van der Waals surface area contributed by atoms with Crippen LogP contribution in [0.3, 0.4) is 0 Å². The van der Waals surface area contributed by atoms with Crippen molar-refractivity contribution in [1.82, 2.24) is 10.6 Å². The minimum absolute atomic E-state index is 0.0781. The molecule has 5 heteroatoms. The lowest BCUT2D eigenvalue weighted by atomic mass is 10.0. The second-order valence-corrected chi connectivity index (χ2v) is 5.85. The number of amides is 1. The summed E-state index contributed by atoms with van der Waals surface area (Å²) in [6.07, 6.45) is 3.69. The standard InChI is InChI=1S/C15H30N2O3/c1-11(2)16-10-6-9-14(18)17-13(4)8-5-7-12(3)15(19)20/h11-13,16H,5-10H2,1-4H3,(H,17,18)(H,19,20). The molecule has 0 aliphatic heterocycles. The van der Waals surface area contributed by atoms with Crippen molar-refractivity contribution in [2.45, 2.75) is 71.9 Å². The van der Waals surface area contributed by atoms with Crippen molar-refractivity contribution < 1.29 is 14.7 Å². The van der Waals surface area contributed by atoms with Crippen molar-refractivity contribution in [3.8, 4) is 0 Å². The van der Waals surface area contributed by atoms with Gasteiger partial charge in [-0.2, -0.15) is 0 Å². The zero-order valence-electron chi connectivity index (χ0n) is 13.2. The van der Waals surface area contributed by atoms with Crippen LogP contribution in [-0.4, -0.2) is 35.6 Å². The van der Waals surface area contributed by atoms with E-state index < -0.39 is 5.97 Å². The maximum Gasteiger partial charge on any atom is 0.306 e. The van der Waals surface area contributed by atoms with E-state index >= 15 is 0 Å². The van der Waals surface area contributed by atoms with Gasteiger partial charge in [-0.05, 0) is 32.7 Å². The number of carbonyl (C=O) groups excluding carboxylic acids is 1. The van der Waals surface area contributed by atoms with Crippen LogP contribution in [0.4, 0.5) is 0 Å². The molecular weight excluding hydrogens is 256 g/mol. The predicted molar refractivity (Wildman–Crippen MR) is 80.6 cm³/mol. The van der Waals surface area contributed by atoms with Crippen molar-refractivity contribution in [2.75, 3.05) is 6.54 Å². The van der Waals surface area contributed by atoms with Crippen molar-refractivity contribution in [1.29, 1.82) is 0 Å². The first-order valence-corrected chi connectivity index (χ1v) is 7.58. The topological polar surface area (TPSA) is 78.4 Å². The smallest absolute Gasteiger partial charge is 0.306 e. The Bertz CT molecular complexity index is 293. The largest absolute Gasteiger partial charge is 0.481 e. The highest BCUT2D eigenvalue weighted by molar-refractivity contribution is 5.76. The number of nitrogens with one attached hydrogen (secondary N) is 2. The maximum absolute atomic E-state index is 11.7. The Morgan fingerprint density at radius 3 is 2.25 bits per heavy atom. The van der Waals surface area contributed by atoms with E-state index in [9.17, 15) is 9.59 Å². The SMILES string of the molecule is CC(C)NCCCC(=O)NC(C)CCCC(C)C(=O)O. The van der Waals surface area contributed by atoms with E-state index in [-0.39, 0.29) is 17.9 Å². The number of carbonyl (C=O) groups is 2. The number of carboxylic acid groups (broad SMARTS) is 1. The Morgan fingerprint density at radius 2 is 1.70 bits per heavy atom. The van der Waals surface area contributed by atoms with Crippen LogP contribution in [-0.2, 0) is 9.59 Å². The normalized spacial score (nSPS) is 14.1. The molecule has 0 bridgehead atoms. The third kappa shape index (κ3) is 10.8. The van der Waals surface area contributed by atoms with Gasteiger partial charge in [0.25, 0.3) is 0 Å². The molecule has 0 aromatic carbocycles. The molecule has 1 amide bonds. The maximum atomic E-state index is 11.7. The molecule has 0 aliphatic carbocycles. The quantitative estimate of drug-likeness (QED) is 0.509. The average molecular weight is 286 g/mol. The third-order valence-electron chi connectivity index (χ3n) is 3.24. The molecule has 5 nitrogen and oxygen atoms in total. The summed E-state index contributed by atoms with van der Waals surface area (Å²) in [6.45, 7) is 8.71. The van der Waals surface area contributed by atoms with Gasteiger partial charge in [0.05, 0.1) is 5.92 Å².